The number of thioether (sulfide) groups is 1. The average molecular weight is 454 g/mol. The van der Waals surface area contributed by atoms with E-state index in [1.54, 1.807) is 18.5 Å². The molecule has 2 aromatic heterocycles. The Morgan fingerprint density at radius 3 is 2.53 bits per heavy atom. The van der Waals surface area contributed by atoms with Crippen LogP contribution in [0.1, 0.15) is 46.3 Å². The lowest BCUT2D eigenvalue weighted by atomic mass is 10.1. The molecular formula is C23H27N5O3S. The van der Waals surface area contributed by atoms with Gasteiger partial charge in [-0.05, 0) is 64.1 Å². The molecule has 0 aliphatic heterocycles. The van der Waals surface area contributed by atoms with E-state index < -0.39 is 5.97 Å². The molecule has 0 atom stereocenters. The summed E-state index contributed by atoms with van der Waals surface area (Å²) in [6, 6.07) is 7.33. The van der Waals surface area contributed by atoms with Crippen LogP contribution >= 0.6 is 11.8 Å². The van der Waals surface area contributed by atoms with Crippen LogP contribution in [-0.4, -0.2) is 44.5 Å². The van der Waals surface area contributed by atoms with Gasteiger partial charge in [0.25, 0.3) is 0 Å². The summed E-state index contributed by atoms with van der Waals surface area (Å²) >= 11 is 1.50. The number of ether oxygens (including phenoxy) is 1. The summed E-state index contributed by atoms with van der Waals surface area (Å²) in [5.41, 5.74) is 5.30. The molecule has 2 heterocycles. The maximum atomic E-state index is 12.6. The molecule has 0 unspecified atom stereocenters. The molecule has 9 heteroatoms. The molecule has 3 rings (SSSR count). The highest BCUT2D eigenvalue weighted by Crippen LogP contribution is 2.20. The minimum atomic E-state index is -0.402. The van der Waals surface area contributed by atoms with E-state index >= 15 is 0 Å². The van der Waals surface area contributed by atoms with E-state index in [1.165, 1.54) is 18.0 Å². The van der Waals surface area contributed by atoms with E-state index in [0.29, 0.717) is 36.4 Å². The van der Waals surface area contributed by atoms with Crippen LogP contribution in [0.2, 0.25) is 0 Å². The van der Waals surface area contributed by atoms with Crippen molar-refractivity contribution in [2.45, 2.75) is 45.7 Å². The molecule has 1 aromatic carbocycles. The fraction of sp³-hybridized carbons (Fsp3) is 0.348. The molecule has 0 saturated heterocycles. The van der Waals surface area contributed by atoms with Gasteiger partial charge in [-0.3, -0.25) is 4.79 Å². The molecule has 168 valence electrons. The van der Waals surface area contributed by atoms with E-state index in [0.717, 1.165) is 27.8 Å². The number of carbonyl (C=O) groups excluding carboxylic acids is 2. The fourth-order valence-electron chi connectivity index (χ4n) is 3.42. The third kappa shape index (κ3) is 5.34. The van der Waals surface area contributed by atoms with Crippen LogP contribution < -0.4 is 5.32 Å². The Morgan fingerprint density at radius 2 is 1.88 bits per heavy atom. The van der Waals surface area contributed by atoms with Gasteiger partial charge in [0, 0.05) is 23.5 Å². The van der Waals surface area contributed by atoms with Crippen LogP contribution in [0.5, 0.6) is 0 Å². The van der Waals surface area contributed by atoms with Crippen molar-refractivity contribution >= 4 is 29.3 Å². The summed E-state index contributed by atoms with van der Waals surface area (Å²) in [5, 5.41) is 7.98. The van der Waals surface area contributed by atoms with Crippen LogP contribution in [-0.2, 0) is 16.0 Å². The first-order chi connectivity index (χ1) is 15.3. The average Bonchev–Trinajstić information content (AvgIpc) is 3.14. The zero-order valence-corrected chi connectivity index (χ0v) is 19.7. The Hall–Kier alpha value is -3.20. The van der Waals surface area contributed by atoms with Crippen molar-refractivity contribution in [2.24, 2.45) is 0 Å². The van der Waals surface area contributed by atoms with Gasteiger partial charge in [0.05, 0.1) is 24.2 Å². The summed E-state index contributed by atoms with van der Waals surface area (Å²) in [5.74, 6) is -0.500. The lowest BCUT2D eigenvalue weighted by molar-refractivity contribution is -0.116. The van der Waals surface area contributed by atoms with Gasteiger partial charge in [0.2, 0.25) is 5.91 Å². The molecule has 0 aliphatic rings. The number of anilines is 1. The summed E-state index contributed by atoms with van der Waals surface area (Å²) in [4.78, 5) is 33.6. The molecule has 32 heavy (non-hydrogen) atoms. The second kappa shape index (κ2) is 10.4. The van der Waals surface area contributed by atoms with Crippen molar-refractivity contribution in [2.75, 3.05) is 18.2 Å². The molecule has 0 saturated carbocycles. The second-order valence-electron chi connectivity index (χ2n) is 7.23. The third-order valence-corrected chi connectivity index (χ3v) is 5.61. The predicted octanol–water partition coefficient (Wildman–Crippen LogP) is 4.06. The molecule has 3 aromatic rings. The molecule has 0 aliphatic carbocycles. The third-order valence-electron chi connectivity index (χ3n) is 5.06. The van der Waals surface area contributed by atoms with Crippen LogP contribution in [0.15, 0.2) is 35.6 Å². The first kappa shape index (κ1) is 23.5. The smallest absolute Gasteiger partial charge is 0.341 e. The summed E-state index contributed by atoms with van der Waals surface area (Å²) in [6.45, 7) is 7.76. The topological polar surface area (TPSA) is 99.0 Å². The predicted molar refractivity (Wildman–Crippen MR) is 124 cm³/mol. The summed E-state index contributed by atoms with van der Waals surface area (Å²) in [6.07, 6.45) is 4.33. The molecule has 1 N–H and O–H groups in total. The van der Waals surface area contributed by atoms with Gasteiger partial charge in [0.1, 0.15) is 5.56 Å². The van der Waals surface area contributed by atoms with Crippen molar-refractivity contribution in [3.8, 4) is 5.69 Å². The van der Waals surface area contributed by atoms with Gasteiger partial charge in [-0.2, -0.15) is 5.10 Å². The van der Waals surface area contributed by atoms with Crippen molar-refractivity contribution in [1.29, 1.82) is 0 Å². The number of carbonyl (C=O) groups is 2. The molecular weight excluding hydrogens is 426 g/mol. The number of rotatable bonds is 8. The maximum absolute atomic E-state index is 12.6. The lowest BCUT2D eigenvalue weighted by Gasteiger charge is -2.11. The second-order valence-corrected chi connectivity index (χ2v) is 8.01. The van der Waals surface area contributed by atoms with E-state index in [4.69, 9.17) is 4.74 Å². The molecule has 1 amide bonds. The SMILES string of the molecule is CCOC(=O)c1cnn(-c2cccc(NC(=O)CCc3c(C)nc(SC)nc3C)c2)c1C. The van der Waals surface area contributed by atoms with E-state index in [-0.39, 0.29) is 5.91 Å². The van der Waals surface area contributed by atoms with E-state index in [9.17, 15) is 9.59 Å². The summed E-state index contributed by atoms with van der Waals surface area (Å²) in [7, 11) is 0. The van der Waals surface area contributed by atoms with Crippen molar-refractivity contribution in [3.05, 3.63) is 58.7 Å². The minimum absolute atomic E-state index is 0.0979. The van der Waals surface area contributed by atoms with E-state index in [2.05, 4.69) is 20.4 Å². The standard InChI is InChI=1S/C23H27N5O3S/c1-6-31-22(30)20-13-24-28(16(20)4)18-9-7-8-17(12-18)27-21(29)11-10-19-14(2)25-23(32-5)26-15(19)3/h7-9,12-13H,6,10-11H2,1-5H3,(H,27,29). The monoisotopic (exact) mass is 453 g/mol. The minimum Gasteiger partial charge on any atom is -0.462 e. The fourth-order valence-corrected chi connectivity index (χ4v) is 3.87. The number of benzene rings is 1. The molecule has 0 fully saturated rings. The summed E-state index contributed by atoms with van der Waals surface area (Å²) < 4.78 is 6.72. The number of esters is 1. The molecule has 0 bridgehead atoms. The largest absolute Gasteiger partial charge is 0.462 e. The normalized spacial score (nSPS) is 10.8. The van der Waals surface area contributed by atoms with Gasteiger partial charge in [-0.15, -0.1) is 0 Å². The van der Waals surface area contributed by atoms with Crippen LogP contribution in [0.25, 0.3) is 5.69 Å². The van der Waals surface area contributed by atoms with Crippen molar-refractivity contribution in [3.63, 3.8) is 0 Å². The highest BCUT2D eigenvalue weighted by molar-refractivity contribution is 7.98. The molecule has 8 nitrogen and oxygen atoms in total. The first-order valence-electron chi connectivity index (χ1n) is 10.3. The number of nitrogens with one attached hydrogen (secondary N) is 1. The highest BCUT2D eigenvalue weighted by Gasteiger charge is 2.16. The van der Waals surface area contributed by atoms with Gasteiger partial charge >= 0.3 is 5.97 Å². The van der Waals surface area contributed by atoms with Gasteiger partial charge in [0.15, 0.2) is 5.16 Å². The van der Waals surface area contributed by atoms with Crippen LogP contribution in [0, 0.1) is 20.8 Å². The Kier molecular flexibility index (Phi) is 7.63. The van der Waals surface area contributed by atoms with E-state index in [1.807, 2.05) is 44.4 Å². The number of aromatic nitrogens is 4. The Morgan fingerprint density at radius 1 is 1.16 bits per heavy atom. The number of aryl methyl sites for hydroxylation is 2. The highest BCUT2D eigenvalue weighted by atomic mass is 32.2. The Labute approximate surface area is 191 Å². The maximum Gasteiger partial charge on any atom is 0.341 e. The van der Waals surface area contributed by atoms with Crippen molar-refractivity contribution < 1.29 is 14.3 Å². The van der Waals surface area contributed by atoms with Crippen LogP contribution in [0.4, 0.5) is 5.69 Å². The molecule has 0 spiro atoms. The Bertz CT molecular complexity index is 1120. The number of hydrogen-bond acceptors (Lipinski definition) is 7. The number of amides is 1. The number of hydrogen-bond donors (Lipinski definition) is 1. The quantitative estimate of drug-likeness (QED) is 0.312. The van der Waals surface area contributed by atoms with Gasteiger partial charge in [-0.1, -0.05) is 17.8 Å². The van der Waals surface area contributed by atoms with Crippen LogP contribution in [0.3, 0.4) is 0 Å². The zero-order chi connectivity index (χ0) is 23.3. The Balaban J connectivity index is 1.69. The number of nitrogens with zero attached hydrogens (tertiary/aromatic N) is 4. The lowest BCUT2D eigenvalue weighted by Crippen LogP contribution is -2.14. The zero-order valence-electron chi connectivity index (χ0n) is 18.9. The van der Waals surface area contributed by atoms with Gasteiger partial charge < -0.3 is 10.1 Å². The van der Waals surface area contributed by atoms with Gasteiger partial charge in [-0.25, -0.2) is 19.4 Å². The molecule has 0 radical (unpaired) electrons. The first-order valence-corrected chi connectivity index (χ1v) is 11.6. The van der Waals surface area contributed by atoms with Crippen molar-refractivity contribution in [1.82, 2.24) is 19.7 Å².